The van der Waals surface area contributed by atoms with Crippen molar-refractivity contribution in [3.8, 4) is 11.5 Å². The van der Waals surface area contributed by atoms with E-state index in [0.29, 0.717) is 11.6 Å². The van der Waals surface area contributed by atoms with Gasteiger partial charge in [-0.05, 0) is 17.4 Å². The van der Waals surface area contributed by atoms with Gasteiger partial charge in [0.2, 0.25) is 11.7 Å². The largest absolute Gasteiger partial charge is 0.475 e. The minimum Gasteiger partial charge on any atom is -0.475 e. The molecular formula is C11H11NO3S. The summed E-state index contributed by atoms with van der Waals surface area (Å²) in [5.41, 5.74) is 1.31. The van der Waals surface area contributed by atoms with Crippen molar-refractivity contribution in [1.82, 2.24) is 4.98 Å². The molecule has 5 heteroatoms. The molecule has 2 aromatic rings. The number of oxazole rings is 1. The SMILES string of the molecule is CC(C)c1nc(-c2ccsc2)oc1C(=O)O. The van der Waals surface area contributed by atoms with Crippen LogP contribution in [-0.2, 0) is 0 Å². The molecule has 0 saturated heterocycles. The maximum absolute atomic E-state index is 11.0. The molecular weight excluding hydrogens is 226 g/mol. The van der Waals surface area contributed by atoms with E-state index >= 15 is 0 Å². The molecule has 0 aliphatic carbocycles. The fraction of sp³-hybridized carbons (Fsp3) is 0.273. The molecule has 0 spiro atoms. The smallest absolute Gasteiger partial charge is 0.373 e. The van der Waals surface area contributed by atoms with Gasteiger partial charge in [-0.3, -0.25) is 0 Å². The first-order valence-electron chi connectivity index (χ1n) is 4.86. The summed E-state index contributed by atoms with van der Waals surface area (Å²) in [5.74, 6) is -0.724. The lowest BCUT2D eigenvalue weighted by atomic mass is 10.1. The molecule has 0 saturated carbocycles. The average Bonchev–Trinajstić information content (AvgIpc) is 2.86. The lowest BCUT2D eigenvalue weighted by molar-refractivity contribution is 0.0661. The highest BCUT2D eigenvalue weighted by molar-refractivity contribution is 7.08. The van der Waals surface area contributed by atoms with Gasteiger partial charge in [-0.15, -0.1) is 0 Å². The highest BCUT2D eigenvalue weighted by Crippen LogP contribution is 2.27. The summed E-state index contributed by atoms with van der Waals surface area (Å²) in [6.45, 7) is 3.78. The van der Waals surface area contributed by atoms with Gasteiger partial charge in [0.1, 0.15) is 0 Å². The predicted octanol–water partition coefficient (Wildman–Crippen LogP) is 3.22. The first kappa shape index (κ1) is 10.9. The summed E-state index contributed by atoms with van der Waals surface area (Å²) >= 11 is 1.52. The van der Waals surface area contributed by atoms with E-state index in [4.69, 9.17) is 9.52 Å². The van der Waals surface area contributed by atoms with Crippen LogP contribution in [0.25, 0.3) is 11.5 Å². The highest BCUT2D eigenvalue weighted by Gasteiger charge is 2.22. The van der Waals surface area contributed by atoms with Crippen molar-refractivity contribution in [3.05, 3.63) is 28.3 Å². The first-order valence-corrected chi connectivity index (χ1v) is 5.80. The molecule has 0 bridgehead atoms. The van der Waals surface area contributed by atoms with Crippen molar-refractivity contribution in [2.45, 2.75) is 19.8 Å². The van der Waals surface area contributed by atoms with E-state index in [9.17, 15) is 4.79 Å². The lowest BCUT2D eigenvalue weighted by Crippen LogP contribution is -2.01. The molecule has 0 aromatic carbocycles. The molecule has 0 radical (unpaired) electrons. The van der Waals surface area contributed by atoms with Gasteiger partial charge < -0.3 is 9.52 Å². The van der Waals surface area contributed by atoms with Gasteiger partial charge in [0, 0.05) is 10.9 Å². The molecule has 0 aliphatic rings. The zero-order valence-electron chi connectivity index (χ0n) is 8.93. The Kier molecular flexibility index (Phi) is 2.78. The highest BCUT2D eigenvalue weighted by atomic mass is 32.1. The number of carboxylic acid groups (broad SMARTS) is 1. The van der Waals surface area contributed by atoms with E-state index in [2.05, 4.69) is 4.98 Å². The van der Waals surface area contributed by atoms with E-state index < -0.39 is 5.97 Å². The number of carbonyl (C=O) groups is 1. The number of aromatic carboxylic acids is 1. The maximum Gasteiger partial charge on any atom is 0.373 e. The van der Waals surface area contributed by atoms with Crippen molar-refractivity contribution in [2.24, 2.45) is 0 Å². The van der Waals surface area contributed by atoms with Gasteiger partial charge in [-0.1, -0.05) is 13.8 Å². The Bertz CT molecular complexity index is 499. The number of rotatable bonds is 3. The topological polar surface area (TPSA) is 63.3 Å². The number of hydrogen-bond donors (Lipinski definition) is 1. The maximum atomic E-state index is 11.0. The summed E-state index contributed by atoms with van der Waals surface area (Å²) in [7, 11) is 0. The number of hydrogen-bond acceptors (Lipinski definition) is 4. The fourth-order valence-corrected chi connectivity index (χ4v) is 2.02. The van der Waals surface area contributed by atoms with Crippen molar-refractivity contribution in [1.29, 1.82) is 0 Å². The normalized spacial score (nSPS) is 10.9. The molecule has 84 valence electrons. The van der Waals surface area contributed by atoms with Crippen LogP contribution >= 0.6 is 11.3 Å². The Morgan fingerprint density at radius 2 is 2.31 bits per heavy atom. The van der Waals surface area contributed by atoms with Crippen LogP contribution in [0.4, 0.5) is 0 Å². The van der Waals surface area contributed by atoms with Gasteiger partial charge in [0.15, 0.2) is 0 Å². The monoisotopic (exact) mass is 237 g/mol. The zero-order valence-corrected chi connectivity index (χ0v) is 9.75. The summed E-state index contributed by atoms with van der Waals surface area (Å²) < 4.78 is 5.28. The minimum atomic E-state index is -1.07. The molecule has 0 unspecified atom stereocenters. The molecule has 1 N–H and O–H groups in total. The third-order valence-electron chi connectivity index (χ3n) is 2.16. The summed E-state index contributed by atoms with van der Waals surface area (Å²) in [4.78, 5) is 15.2. The second-order valence-electron chi connectivity index (χ2n) is 3.71. The number of nitrogens with zero attached hydrogens (tertiary/aromatic N) is 1. The van der Waals surface area contributed by atoms with Gasteiger partial charge >= 0.3 is 5.97 Å². The van der Waals surface area contributed by atoms with Crippen LogP contribution in [0.3, 0.4) is 0 Å². The molecule has 2 rings (SSSR count). The molecule has 2 heterocycles. The van der Waals surface area contributed by atoms with Crippen molar-refractivity contribution < 1.29 is 14.3 Å². The van der Waals surface area contributed by atoms with Crippen molar-refractivity contribution in [2.75, 3.05) is 0 Å². The standard InChI is InChI=1S/C11H11NO3S/c1-6(2)8-9(11(13)14)15-10(12-8)7-3-4-16-5-7/h3-6H,1-2H3,(H,13,14). The summed E-state index contributed by atoms with van der Waals surface area (Å²) in [6, 6.07) is 1.85. The third kappa shape index (κ3) is 1.86. The molecule has 4 nitrogen and oxygen atoms in total. The van der Waals surface area contributed by atoms with Crippen LogP contribution in [0.1, 0.15) is 36.0 Å². The van der Waals surface area contributed by atoms with Gasteiger partial charge in [0.25, 0.3) is 0 Å². The van der Waals surface area contributed by atoms with Crippen molar-refractivity contribution >= 4 is 17.3 Å². The number of carboxylic acids is 1. The molecule has 2 aromatic heterocycles. The predicted molar refractivity (Wildman–Crippen MR) is 60.9 cm³/mol. The first-order chi connectivity index (χ1) is 7.59. The van der Waals surface area contributed by atoms with Crippen LogP contribution in [0.15, 0.2) is 21.2 Å². The lowest BCUT2D eigenvalue weighted by Gasteiger charge is -1.98. The Balaban J connectivity index is 2.51. The second-order valence-corrected chi connectivity index (χ2v) is 4.49. The van der Waals surface area contributed by atoms with E-state index in [-0.39, 0.29) is 11.7 Å². The Hall–Kier alpha value is -1.62. The third-order valence-corrected chi connectivity index (χ3v) is 2.85. The van der Waals surface area contributed by atoms with Gasteiger partial charge in [0.05, 0.1) is 5.69 Å². The Labute approximate surface area is 96.6 Å². The van der Waals surface area contributed by atoms with Gasteiger partial charge in [-0.2, -0.15) is 11.3 Å². The quantitative estimate of drug-likeness (QED) is 0.890. The second kappa shape index (κ2) is 4.09. The van der Waals surface area contributed by atoms with E-state index in [0.717, 1.165) is 5.56 Å². The zero-order chi connectivity index (χ0) is 11.7. The minimum absolute atomic E-state index is 0.0298. The van der Waals surface area contributed by atoms with E-state index in [1.165, 1.54) is 11.3 Å². The molecule has 0 fully saturated rings. The number of thiophene rings is 1. The Morgan fingerprint density at radius 3 is 2.75 bits per heavy atom. The van der Waals surface area contributed by atoms with E-state index in [1.54, 1.807) is 0 Å². The van der Waals surface area contributed by atoms with Gasteiger partial charge in [-0.25, -0.2) is 9.78 Å². The van der Waals surface area contributed by atoms with Crippen LogP contribution in [0, 0.1) is 0 Å². The van der Waals surface area contributed by atoms with E-state index in [1.807, 2.05) is 30.7 Å². The average molecular weight is 237 g/mol. The number of aromatic nitrogens is 1. The van der Waals surface area contributed by atoms with Crippen LogP contribution in [0.2, 0.25) is 0 Å². The molecule has 16 heavy (non-hydrogen) atoms. The molecule has 0 aliphatic heterocycles. The van der Waals surface area contributed by atoms with Crippen molar-refractivity contribution in [3.63, 3.8) is 0 Å². The fourth-order valence-electron chi connectivity index (χ4n) is 1.39. The van der Waals surface area contributed by atoms with Crippen LogP contribution in [-0.4, -0.2) is 16.1 Å². The Morgan fingerprint density at radius 1 is 1.56 bits per heavy atom. The van der Waals surface area contributed by atoms with Crippen LogP contribution in [0.5, 0.6) is 0 Å². The molecule has 0 atom stereocenters. The van der Waals surface area contributed by atoms with Crippen LogP contribution < -0.4 is 0 Å². The molecule has 0 amide bonds. The summed E-state index contributed by atoms with van der Waals surface area (Å²) in [5, 5.41) is 12.8. The summed E-state index contributed by atoms with van der Waals surface area (Å²) in [6.07, 6.45) is 0.